The SMILES string of the molecule is CNC(C)C(=O)NC(C)CN(CC[C@H]1CCC(C)N1C=O)C(=O)Nc1ccc(NC(=O)N(CCC=O)CC[C@H]2CCCN2C)cc1. The van der Waals surface area contributed by atoms with Crippen molar-refractivity contribution in [1.82, 2.24) is 30.2 Å². The molecule has 256 valence electrons. The highest BCUT2D eigenvalue weighted by molar-refractivity contribution is 5.92. The van der Waals surface area contributed by atoms with Gasteiger partial charge in [0.05, 0.1) is 6.04 Å². The molecule has 1 aromatic carbocycles. The van der Waals surface area contributed by atoms with Gasteiger partial charge in [0.25, 0.3) is 0 Å². The lowest BCUT2D eigenvalue weighted by molar-refractivity contribution is -0.123. The van der Waals surface area contributed by atoms with Crippen LogP contribution in [0, 0.1) is 0 Å². The number of hydrogen-bond donors (Lipinski definition) is 4. The molecule has 4 N–H and O–H groups in total. The lowest BCUT2D eigenvalue weighted by atomic mass is 10.1. The van der Waals surface area contributed by atoms with Gasteiger partial charge in [-0.1, -0.05) is 0 Å². The van der Waals surface area contributed by atoms with Crippen molar-refractivity contribution in [2.24, 2.45) is 0 Å². The van der Waals surface area contributed by atoms with Crippen LogP contribution in [0.1, 0.15) is 65.7 Å². The third-order valence-corrected chi connectivity index (χ3v) is 9.29. The van der Waals surface area contributed by atoms with Gasteiger partial charge >= 0.3 is 12.1 Å². The minimum absolute atomic E-state index is 0.0603. The number of benzene rings is 1. The molecule has 2 aliphatic heterocycles. The second-order valence-corrected chi connectivity index (χ2v) is 12.7. The molecule has 1 aromatic rings. The number of urea groups is 2. The van der Waals surface area contributed by atoms with Crippen LogP contribution < -0.4 is 21.3 Å². The van der Waals surface area contributed by atoms with Crippen LogP contribution >= 0.6 is 0 Å². The van der Waals surface area contributed by atoms with Crippen molar-refractivity contribution < 1.29 is 24.0 Å². The molecule has 46 heavy (non-hydrogen) atoms. The van der Waals surface area contributed by atoms with Crippen molar-refractivity contribution in [2.75, 3.05) is 57.5 Å². The van der Waals surface area contributed by atoms with Crippen LogP contribution in [-0.4, -0.2) is 127 Å². The third kappa shape index (κ3) is 11.0. The average Bonchev–Trinajstić information content (AvgIpc) is 3.62. The van der Waals surface area contributed by atoms with Crippen LogP contribution in [0.15, 0.2) is 24.3 Å². The second-order valence-electron chi connectivity index (χ2n) is 12.7. The summed E-state index contributed by atoms with van der Waals surface area (Å²) in [5.74, 6) is -0.152. The fourth-order valence-corrected chi connectivity index (χ4v) is 6.25. The average molecular weight is 643 g/mol. The highest BCUT2D eigenvalue weighted by atomic mass is 16.2. The Bertz CT molecular complexity index is 1150. The van der Waals surface area contributed by atoms with Gasteiger partial charge in [-0.2, -0.15) is 0 Å². The van der Waals surface area contributed by atoms with E-state index >= 15 is 0 Å². The van der Waals surface area contributed by atoms with Gasteiger partial charge in [0.2, 0.25) is 12.3 Å². The van der Waals surface area contributed by atoms with Crippen LogP contribution in [0.3, 0.4) is 0 Å². The van der Waals surface area contributed by atoms with E-state index in [2.05, 4.69) is 33.2 Å². The first-order chi connectivity index (χ1) is 22.1. The minimum Gasteiger partial charge on any atom is -0.351 e. The van der Waals surface area contributed by atoms with Gasteiger partial charge < -0.3 is 45.7 Å². The molecule has 0 saturated carbocycles. The van der Waals surface area contributed by atoms with Crippen LogP contribution in [-0.2, 0) is 14.4 Å². The predicted octanol–water partition coefficient (Wildman–Crippen LogP) is 2.94. The summed E-state index contributed by atoms with van der Waals surface area (Å²) in [5, 5.41) is 11.7. The van der Waals surface area contributed by atoms with Crippen molar-refractivity contribution in [3.05, 3.63) is 24.3 Å². The van der Waals surface area contributed by atoms with Crippen LogP contribution in [0.5, 0.6) is 0 Å². The maximum absolute atomic E-state index is 13.5. The lowest BCUT2D eigenvalue weighted by Gasteiger charge is -2.30. The molecule has 2 fully saturated rings. The predicted molar refractivity (Wildman–Crippen MR) is 180 cm³/mol. The molecular weight excluding hydrogens is 588 g/mol. The summed E-state index contributed by atoms with van der Waals surface area (Å²) in [6.07, 6.45) is 7.58. The number of likely N-dealkylation sites (N-methyl/N-ethyl adjacent to an activating group) is 1. The first kappa shape index (κ1) is 36.8. The summed E-state index contributed by atoms with van der Waals surface area (Å²) < 4.78 is 0. The molecule has 13 nitrogen and oxygen atoms in total. The van der Waals surface area contributed by atoms with Crippen LogP contribution in [0.4, 0.5) is 21.0 Å². The zero-order valence-electron chi connectivity index (χ0n) is 28.2. The number of nitrogens with zero attached hydrogens (tertiary/aromatic N) is 4. The molecule has 13 heteroatoms. The van der Waals surface area contributed by atoms with Gasteiger partial charge in [-0.3, -0.25) is 9.59 Å². The van der Waals surface area contributed by atoms with E-state index in [0.717, 1.165) is 51.3 Å². The van der Waals surface area contributed by atoms with E-state index in [4.69, 9.17) is 0 Å². The molecule has 0 radical (unpaired) electrons. The van der Waals surface area contributed by atoms with E-state index in [1.165, 1.54) is 0 Å². The molecule has 2 heterocycles. The number of carbonyl (C=O) groups excluding carboxylic acids is 5. The molecule has 0 aromatic heterocycles. The molecule has 2 saturated heterocycles. The zero-order chi connectivity index (χ0) is 33.6. The number of hydrogen-bond acceptors (Lipinski definition) is 7. The number of likely N-dealkylation sites (tertiary alicyclic amines) is 2. The Labute approximate surface area is 273 Å². The number of amides is 6. The highest BCUT2D eigenvalue weighted by Crippen LogP contribution is 2.25. The molecular formula is C33H54N8O5. The number of rotatable bonds is 17. The van der Waals surface area contributed by atoms with Gasteiger partial charge in [0.1, 0.15) is 6.29 Å². The van der Waals surface area contributed by atoms with E-state index in [9.17, 15) is 24.0 Å². The smallest absolute Gasteiger partial charge is 0.321 e. The Morgan fingerprint density at radius 3 is 2.09 bits per heavy atom. The molecule has 3 rings (SSSR count). The van der Waals surface area contributed by atoms with E-state index in [1.54, 1.807) is 48.0 Å². The van der Waals surface area contributed by atoms with Crippen molar-refractivity contribution >= 4 is 42.0 Å². The van der Waals surface area contributed by atoms with E-state index in [-0.39, 0.29) is 48.6 Å². The summed E-state index contributed by atoms with van der Waals surface area (Å²) in [5.41, 5.74) is 1.13. The lowest BCUT2D eigenvalue weighted by Crippen LogP contribution is -2.50. The zero-order valence-corrected chi connectivity index (χ0v) is 28.2. The number of anilines is 2. The normalized spacial score (nSPS) is 20.9. The molecule has 2 aliphatic rings. The quantitative estimate of drug-likeness (QED) is 0.191. The summed E-state index contributed by atoms with van der Waals surface area (Å²) in [6.45, 7) is 8.35. The topological polar surface area (TPSA) is 146 Å². The molecule has 6 amide bonds. The Morgan fingerprint density at radius 1 is 0.913 bits per heavy atom. The van der Waals surface area contributed by atoms with Crippen molar-refractivity contribution in [3.8, 4) is 0 Å². The number of aldehydes is 1. The first-order valence-corrected chi connectivity index (χ1v) is 16.6. The van der Waals surface area contributed by atoms with Gasteiger partial charge in [0.15, 0.2) is 0 Å². The Hall–Kier alpha value is -3.71. The van der Waals surface area contributed by atoms with Crippen LogP contribution in [0.2, 0.25) is 0 Å². The second kappa shape index (κ2) is 18.4. The van der Waals surface area contributed by atoms with Crippen LogP contribution in [0.25, 0.3) is 0 Å². The fourth-order valence-electron chi connectivity index (χ4n) is 6.25. The summed E-state index contributed by atoms with van der Waals surface area (Å²) >= 11 is 0. The van der Waals surface area contributed by atoms with Crippen molar-refractivity contribution in [1.29, 1.82) is 0 Å². The largest absolute Gasteiger partial charge is 0.351 e. The maximum Gasteiger partial charge on any atom is 0.321 e. The molecule has 0 aliphatic carbocycles. The molecule has 0 spiro atoms. The third-order valence-electron chi connectivity index (χ3n) is 9.29. The van der Waals surface area contributed by atoms with Gasteiger partial charge in [-0.25, -0.2) is 9.59 Å². The Balaban J connectivity index is 1.61. The minimum atomic E-state index is -0.365. The monoisotopic (exact) mass is 642 g/mol. The van der Waals surface area contributed by atoms with E-state index < -0.39 is 0 Å². The highest BCUT2D eigenvalue weighted by Gasteiger charge is 2.30. The van der Waals surface area contributed by atoms with Gasteiger partial charge in [-0.05, 0) is 104 Å². The Kier molecular flexibility index (Phi) is 14.7. The standard InChI is InChI=1S/C33H54N8O5/c1-24(35-31(44)26(3)34-4)22-40(20-16-30-14-9-25(2)41(30)23-43)33(46)37-28-12-10-27(11-13-28)36-32(45)39(18-7-21-42)19-15-29-8-6-17-38(29)5/h10-13,21,23-26,29-30,34H,6-9,14-20,22H2,1-5H3,(H,35,44)(H,36,45)(H,37,46)/t24?,25?,26?,29-,30-/m1/s1. The van der Waals surface area contributed by atoms with E-state index in [1.807, 2.05) is 18.7 Å². The Morgan fingerprint density at radius 2 is 1.52 bits per heavy atom. The fraction of sp³-hybridized carbons (Fsp3) is 0.667. The number of nitrogens with one attached hydrogen (secondary N) is 4. The maximum atomic E-state index is 13.5. The summed E-state index contributed by atoms with van der Waals surface area (Å²) in [4.78, 5) is 69.2. The summed E-state index contributed by atoms with van der Waals surface area (Å²) in [6, 6.07) is 6.33. The van der Waals surface area contributed by atoms with Crippen molar-refractivity contribution in [2.45, 2.75) is 95.9 Å². The molecule has 5 atom stereocenters. The van der Waals surface area contributed by atoms with Crippen molar-refractivity contribution in [3.63, 3.8) is 0 Å². The van der Waals surface area contributed by atoms with Gasteiger partial charge in [-0.15, -0.1) is 0 Å². The first-order valence-electron chi connectivity index (χ1n) is 16.6. The molecule has 3 unspecified atom stereocenters. The molecule has 0 bridgehead atoms. The number of carbonyl (C=O) groups is 5. The van der Waals surface area contributed by atoms with E-state index in [0.29, 0.717) is 50.0 Å². The van der Waals surface area contributed by atoms with Gasteiger partial charge in [0, 0.05) is 68.1 Å². The summed E-state index contributed by atoms with van der Waals surface area (Å²) in [7, 11) is 3.82.